The van der Waals surface area contributed by atoms with Gasteiger partial charge in [-0.2, -0.15) is 0 Å². The minimum absolute atomic E-state index is 0.191. The van der Waals surface area contributed by atoms with Gasteiger partial charge < -0.3 is 9.72 Å². The van der Waals surface area contributed by atoms with Crippen LogP contribution in [0.4, 0.5) is 0 Å². The molecule has 0 saturated heterocycles. The molecule has 26 heavy (non-hydrogen) atoms. The van der Waals surface area contributed by atoms with Crippen LogP contribution in [0.2, 0.25) is 0 Å². The van der Waals surface area contributed by atoms with Gasteiger partial charge in [0, 0.05) is 35.3 Å². The third-order valence-electron chi connectivity index (χ3n) is 3.83. The Morgan fingerprint density at radius 3 is 2.69 bits per heavy atom. The van der Waals surface area contributed by atoms with Crippen molar-refractivity contribution in [1.82, 2.24) is 9.97 Å². The average molecular weight is 346 g/mol. The molecule has 1 aromatic carbocycles. The number of esters is 1. The molecule has 0 amide bonds. The number of ether oxygens (including phenoxy) is 1. The summed E-state index contributed by atoms with van der Waals surface area (Å²) in [6.07, 6.45) is 4.55. The summed E-state index contributed by atoms with van der Waals surface area (Å²) >= 11 is 0. The van der Waals surface area contributed by atoms with E-state index < -0.39 is 5.60 Å². The first-order valence-corrected chi connectivity index (χ1v) is 8.66. The summed E-state index contributed by atoms with van der Waals surface area (Å²) in [6, 6.07) is 11.8. The maximum atomic E-state index is 12.0. The second-order valence-corrected chi connectivity index (χ2v) is 7.09. The number of nitrogens with zero attached hydrogens (tertiary/aromatic N) is 1. The van der Waals surface area contributed by atoms with Crippen molar-refractivity contribution in [1.29, 1.82) is 0 Å². The molecule has 1 N–H and O–H groups in total. The van der Waals surface area contributed by atoms with Crippen molar-refractivity contribution in [2.75, 3.05) is 0 Å². The van der Waals surface area contributed by atoms with Gasteiger partial charge in [0.2, 0.25) is 0 Å². The molecule has 3 aromatic rings. The fourth-order valence-electron chi connectivity index (χ4n) is 2.69. The van der Waals surface area contributed by atoms with Gasteiger partial charge in [-0.05, 0) is 51.0 Å². The third kappa shape index (κ3) is 4.52. The van der Waals surface area contributed by atoms with Gasteiger partial charge in [0.25, 0.3) is 0 Å². The SMILES string of the molecule is CC(C)(C)OC(=O)CCc1ccccc1C#Cc1ccnc2[nH]ccc12. The van der Waals surface area contributed by atoms with Crippen molar-refractivity contribution in [3.63, 3.8) is 0 Å². The molecule has 0 unspecified atom stereocenters. The molecule has 2 heterocycles. The summed E-state index contributed by atoms with van der Waals surface area (Å²) in [6.45, 7) is 5.63. The van der Waals surface area contributed by atoms with E-state index in [1.54, 1.807) is 6.20 Å². The highest BCUT2D eigenvalue weighted by atomic mass is 16.6. The van der Waals surface area contributed by atoms with Crippen LogP contribution in [0, 0.1) is 11.8 Å². The lowest BCUT2D eigenvalue weighted by Gasteiger charge is -2.19. The number of aryl methyl sites for hydroxylation is 1. The standard InChI is InChI=1S/C22H22N2O2/c1-22(2,3)26-20(25)11-10-17-7-5-4-6-16(17)8-9-18-12-14-23-21-19(18)13-15-24-21/h4-7,12-15H,10-11H2,1-3H3,(H,23,24). The van der Waals surface area contributed by atoms with Crippen molar-refractivity contribution >= 4 is 17.0 Å². The minimum atomic E-state index is -0.459. The number of benzene rings is 1. The van der Waals surface area contributed by atoms with Gasteiger partial charge in [-0.15, -0.1) is 0 Å². The Bertz CT molecular complexity index is 984. The number of fused-ring (bicyclic) bond motifs is 1. The highest BCUT2D eigenvalue weighted by Crippen LogP contribution is 2.16. The lowest BCUT2D eigenvalue weighted by atomic mass is 10.0. The highest BCUT2D eigenvalue weighted by Gasteiger charge is 2.16. The summed E-state index contributed by atoms with van der Waals surface area (Å²) in [5, 5.41) is 1.01. The maximum Gasteiger partial charge on any atom is 0.306 e. The zero-order valence-corrected chi connectivity index (χ0v) is 15.3. The molecule has 0 atom stereocenters. The van der Waals surface area contributed by atoms with E-state index in [1.165, 1.54) is 0 Å². The minimum Gasteiger partial charge on any atom is -0.460 e. The summed E-state index contributed by atoms with van der Waals surface area (Å²) in [5.74, 6) is 6.28. The van der Waals surface area contributed by atoms with Crippen LogP contribution in [0.15, 0.2) is 48.8 Å². The monoisotopic (exact) mass is 346 g/mol. The van der Waals surface area contributed by atoms with E-state index in [4.69, 9.17) is 4.74 Å². The van der Waals surface area contributed by atoms with E-state index in [0.29, 0.717) is 12.8 Å². The first-order valence-electron chi connectivity index (χ1n) is 8.66. The normalized spacial score (nSPS) is 11.0. The lowest BCUT2D eigenvalue weighted by Crippen LogP contribution is -2.24. The molecule has 0 fully saturated rings. The number of pyridine rings is 1. The molecule has 0 saturated carbocycles. The Morgan fingerprint density at radius 1 is 1.12 bits per heavy atom. The number of aromatic nitrogens is 2. The number of hydrogen-bond acceptors (Lipinski definition) is 3. The smallest absolute Gasteiger partial charge is 0.306 e. The highest BCUT2D eigenvalue weighted by molar-refractivity contribution is 5.82. The van der Waals surface area contributed by atoms with E-state index in [0.717, 1.165) is 27.7 Å². The molecule has 132 valence electrons. The van der Waals surface area contributed by atoms with Gasteiger partial charge in [0.05, 0.1) is 0 Å². The Kier molecular flexibility index (Phi) is 5.09. The Labute approximate surface area is 153 Å². The predicted octanol–water partition coefficient (Wildman–Crippen LogP) is 4.24. The van der Waals surface area contributed by atoms with Crippen LogP contribution in [-0.2, 0) is 16.0 Å². The topological polar surface area (TPSA) is 55.0 Å². The molecule has 0 aliphatic rings. The quantitative estimate of drug-likeness (QED) is 0.570. The van der Waals surface area contributed by atoms with Crippen LogP contribution < -0.4 is 0 Å². The zero-order chi connectivity index (χ0) is 18.6. The molecule has 4 nitrogen and oxygen atoms in total. The number of rotatable bonds is 3. The van der Waals surface area contributed by atoms with Gasteiger partial charge in [0.1, 0.15) is 11.2 Å². The van der Waals surface area contributed by atoms with Gasteiger partial charge in [-0.25, -0.2) is 4.98 Å². The summed E-state index contributed by atoms with van der Waals surface area (Å²) < 4.78 is 5.38. The molecule has 4 heteroatoms. The van der Waals surface area contributed by atoms with E-state index >= 15 is 0 Å². The average Bonchev–Trinajstić information content (AvgIpc) is 3.06. The maximum absolute atomic E-state index is 12.0. The Morgan fingerprint density at radius 2 is 1.88 bits per heavy atom. The van der Waals surface area contributed by atoms with Crippen molar-refractivity contribution in [3.05, 3.63) is 65.5 Å². The second kappa shape index (κ2) is 7.45. The molecule has 0 aliphatic heterocycles. The zero-order valence-electron chi connectivity index (χ0n) is 15.3. The van der Waals surface area contributed by atoms with Gasteiger partial charge >= 0.3 is 5.97 Å². The largest absolute Gasteiger partial charge is 0.460 e. The summed E-state index contributed by atoms with van der Waals surface area (Å²) in [5.41, 5.74) is 3.27. The molecule has 0 aliphatic carbocycles. The Balaban J connectivity index is 1.78. The van der Waals surface area contributed by atoms with Crippen LogP contribution in [0.3, 0.4) is 0 Å². The molecule has 0 bridgehead atoms. The van der Waals surface area contributed by atoms with Crippen molar-refractivity contribution in [2.45, 2.75) is 39.2 Å². The summed E-state index contributed by atoms with van der Waals surface area (Å²) in [4.78, 5) is 19.3. The van der Waals surface area contributed by atoms with Crippen LogP contribution in [0.5, 0.6) is 0 Å². The molecular weight excluding hydrogens is 324 g/mol. The number of nitrogens with one attached hydrogen (secondary N) is 1. The van der Waals surface area contributed by atoms with E-state index in [1.807, 2.05) is 63.4 Å². The summed E-state index contributed by atoms with van der Waals surface area (Å²) in [7, 11) is 0. The van der Waals surface area contributed by atoms with Crippen LogP contribution in [0.1, 0.15) is 43.9 Å². The lowest BCUT2D eigenvalue weighted by molar-refractivity contribution is -0.154. The predicted molar refractivity (Wildman–Crippen MR) is 103 cm³/mol. The molecule has 0 spiro atoms. The van der Waals surface area contributed by atoms with Crippen LogP contribution >= 0.6 is 0 Å². The van der Waals surface area contributed by atoms with E-state index in [-0.39, 0.29) is 5.97 Å². The number of hydrogen-bond donors (Lipinski definition) is 1. The van der Waals surface area contributed by atoms with Crippen molar-refractivity contribution in [2.24, 2.45) is 0 Å². The third-order valence-corrected chi connectivity index (χ3v) is 3.83. The second-order valence-electron chi connectivity index (χ2n) is 7.09. The molecule has 0 radical (unpaired) electrons. The number of carbonyl (C=O) groups is 1. The first-order chi connectivity index (χ1) is 12.4. The van der Waals surface area contributed by atoms with E-state index in [9.17, 15) is 4.79 Å². The van der Waals surface area contributed by atoms with Gasteiger partial charge in [-0.1, -0.05) is 30.0 Å². The van der Waals surface area contributed by atoms with Crippen LogP contribution in [0.25, 0.3) is 11.0 Å². The molecule has 3 rings (SSSR count). The first kappa shape index (κ1) is 17.8. The van der Waals surface area contributed by atoms with E-state index in [2.05, 4.69) is 21.8 Å². The van der Waals surface area contributed by atoms with Gasteiger partial charge in [-0.3, -0.25) is 4.79 Å². The number of aromatic amines is 1. The molecular formula is C22H22N2O2. The van der Waals surface area contributed by atoms with Crippen molar-refractivity contribution in [3.8, 4) is 11.8 Å². The molecule has 2 aromatic heterocycles. The number of H-pyrrole nitrogens is 1. The van der Waals surface area contributed by atoms with Crippen molar-refractivity contribution < 1.29 is 9.53 Å². The fraction of sp³-hybridized carbons (Fsp3) is 0.273. The van der Waals surface area contributed by atoms with Gasteiger partial charge in [0.15, 0.2) is 0 Å². The Hall–Kier alpha value is -3.06. The number of carbonyl (C=O) groups excluding carboxylic acids is 1. The fourth-order valence-corrected chi connectivity index (χ4v) is 2.69. The van der Waals surface area contributed by atoms with Crippen LogP contribution in [-0.4, -0.2) is 21.5 Å².